The van der Waals surface area contributed by atoms with E-state index in [2.05, 4.69) is 36.5 Å². The van der Waals surface area contributed by atoms with Crippen molar-refractivity contribution in [2.24, 2.45) is 0 Å². The standard InChI is InChI=1S/C19H11BrFN5O2S2/c20-11-1-7-14(8-2-11)30(27,28)19-18-23-17(22-13-5-3-12(21)4-6-13)16-15(9-10-29-16)26(18)25-24-19/h1-10H,(H,22,23). The molecule has 2 aromatic carbocycles. The molecule has 0 spiro atoms. The van der Waals surface area contributed by atoms with Crippen molar-refractivity contribution < 1.29 is 12.8 Å². The molecule has 0 unspecified atom stereocenters. The summed E-state index contributed by atoms with van der Waals surface area (Å²) in [6.07, 6.45) is 0. The molecule has 3 heterocycles. The van der Waals surface area contributed by atoms with Crippen molar-refractivity contribution in [2.75, 3.05) is 5.32 Å². The summed E-state index contributed by atoms with van der Waals surface area (Å²) in [6, 6.07) is 13.9. The van der Waals surface area contributed by atoms with Crippen LogP contribution in [0.2, 0.25) is 0 Å². The van der Waals surface area contributed by atoms with Gasteiger partial charge in [-0.05, 0) is 60.0 Å². The first-order valence-corrected chi connectivity index (χ1v) is 11.7. The van der Waals surface area contributed by atoms with E-state index in [-0.39, 0.29) is 21.4 Å². The SMILES string of the molecule is O=S(=O)(c1ccc(Br)cc1)c1nnn2c1nc(Nc1ccc(F)cc1)c1sccc12. The molecule has 0 aliphatic carbocycles. The number of halogens is 2. The molecule has 0 aliphatic rings. The Morgan fingerprint density at radius 2 is 1.77 bits per heavy atom. The third kappa shape index (κ3) is 3.15. The van der Waals surface area contributed by atoms with Crippen molar-refractivity contribution in [3.05, 3.63) is 70.3 Å². The number of rotatable bonds is 4. The lowest BCUT2D eigenvalue weighted by atomic mass is 10.3. The molecule has 0 aliphatic heterocycles. The summed E-state index contributed by atoms with van der Waals surface area (Å²) in [6.45, 7) is 0. The van der Waals surface area contributed by atoms with Crippen molar-refractivity contribution in [1.82, 2.24) is 19.8 Å². The Balaban J connectivity index is 1.70. The molecule has 30 heavy (non-hydrogen) atoms. The molecule has 3 aromatic heterocycles. The van der Waals surface area contributed by atoms with E-state index < -0.39 is 9.84 Å². The highest BCUT2D eigenvalue weighted by Crippen LogP contribution is 2.32. The fourth-order valence-electron chi connectivity index (χ4n) is 2.98. The lowest BCUT2D eigenvalue weighted by Crippen LogP contribution is -2.05. The molecule has 11 heteroatoms. The Kier molecular flexibility index (Phi) is 4.53. The van der Waals surface area contributed by atoms with Gasteiger partial charge in [-0.2, -0.15) is 4.52 Å². The Bertz CT molecular complexity index is 1500. The fraction of sp³-hybridized carbons (Fsp3) is 0. The highest BCUT2D eigenvalue weighted by atomic mass is 79.9. The molecule has 0 bridgehead atoms. The van der Waals surface area contributed by atoms with Crippen LogP contribution in [-0.2, 0) is 9.84 Å². The molecule has 0 fully saturated rings. The first kappa shape index (κ1) is 19.1. The van der Waals surface area contributed by atoms with E-state index in [9.17, 15) is 12.8 Å². The van der Waals surface area contributed by atoms with E-state index in [0.29, 0.717) is 17.0 Å². The minimum atomic E-state index is -3.94. The second kappa shape index (κ2) is 7.11. The summed E-state index contributed by atoms with van der Waals surface area (Å²) in [5, 5.41) is 12.7. The number of hydrogen-bond acceptors (Lipinski definition) is 7. The minimum Gasteiger partial charge on any atom is -0.339 e. The highest BCUT2D eigenvalue weighted by Gasteiger charge is 2.27. The van der Waals surface area contributed by atoms with Gasteiger partial charge in [-0.25, -0.2) is 17.8 Å². The maximum absolute atomic E-state index is 13.2. The zero-order valence-electron chi connectivity index (χ0n) is 15.0. The van der Waals surface area contributed by atoms with Gasteiger partial charge in [-0.1, -0.05) is 21.1 Å². The molecule has 0 radical (unpaired) electrons. The first-order valence-electron chi connectivity index (χ1n) is 8.59. The van der Waals surface area contributed by atoms with Gasteiger partial charge in [0, 0.05) is 10.2 Å². The number of nitrogens with zero attached hydrogens (tertiary/aromatic N) is 4. The minimum absolute atomic E-state index is 0.0911. The summed E-state index contributed by atoms with van der Waals surface area (Å²) in [5.41, 5.74) is 1.39. The third-order valence-corrected chi connectivity index (χ3v) is 7.51. The summed E-state index contributed by atoms with van der Waals surface area (Å²) in [7, 11) is -3.94. The van der Waals surface area contributed by atoms with Crippen molar-refractivity contribution in [2.45, 2.75) is 9.92 Å². The zero-order chi connectivity index (χ0) is 20.9. The average Bonchev–Trinajstić information content (AvgIpc) is 3.37. The van der Waals surface area contributed by atoms with E-state index in [1.165, 1.54) is 40.1 Å². The van der Waals surface area contributed by atoms with Crippen LogP contribution in [0.4, 0.5) is 15.9 Å². The van der Waals surface area contributed by atoms with Crippen LogP contribution < -0.4 is 5.32 Å². The van der Waals surface area contributed by atoms with Gasteiger partial charge in [0.1, 0.15) is 5.82 Å². The van der Waals surface area contributed by atoms with Crippen LogP contribution >= 0.6 is 27.3 Å². The van der Waals surface area contributed by atoms with Crippen LogP contribution in [0.25, 0.3) is 15.9 Å². The molecule has 0 amide bonds. The number of benzene rings is 2. The van der Waals surface area contributed by atoms with Gasteiger partial charge in [0.05, 0.1) is 15.1 Å². The lowest BCUT2D eigenvalue weighted by molar-refractivity contribution is 0.592. The Morgan fingerprint density at radius 1 is 1.03 bits per heavy atom. The molecule has 0 saturated heterocycles. The van der Waals surface area contributed by atoms with E-state index >= 15 is 0 Å². The van der Waals surface area contributed by atoms with Crippen molar-refractivity contribution in [1.29, 1.82) is 0 Å². The van der Waals surface area contributed by atoms with Crippen molar-refractivity contribution in [3.63, 3.8) is 0 Å². The monoisotopic (exact) mass is 503 g/mol. The van der Waals surface area contributed by atoms with E-state index in [4.69, 9.17) is 0 Å². The number of fused-ring (bicyclic) bond motifs is 3. The van der Waals surface area contributed by atoms with Gasteiger partial charge in [-0.15, -0.1) is 16.4 Å². The van der Waals surface area contributed by atoms with Crippen LogP contribution in [0.5, 0.6) is 0 Å². The molecule has 150 valence electrons. The molecule has 0 atom stereocenters. The second-order valence-electron chi connectivity index (χ2n) is 6.31. The van der Waals surface area contributed by atoms with Gasteiger partial charge in [0.2, 0.25) is 14.9 Å². The van der Waals surface area contributed by atoms with Crippen LogP contribution in [0.15, 0.2) is 74.4 Å². The maximum Gasteiger partial charge on any atom is 0.229 e. The number of nitrogens with one attached hydrogen (secondary N) is 1. The molecule has 5 rings (SSSR count). The summed E-state index contributed by atoms with van der Waals surface area (Å²) >= 11 is 4.72. The van der Waals surface area contributed by atoms with Crippen molar-refractivity contribution >= 4 is 64.5 Å². The summed E-state index contributed by atoms with van der Waals surface area (Å²) < 4.78 is 42.5. The van der Waals surface area contributed by atoms with Crippen LogP contribution in [0.1, 0.15) is 0 Å². The normalized spacial score (nSPS) is 11.9. The number of sulfone groups is 1. The average molecular weight is 504 g/mol. The predicted molar refractivity (Wildman–Crippen MR) is 115 cm³/mol. The maximum atomic E-state index is 13.2. The van der Waals surface area contributed by atoms with Gasteiger partial charge in [0.25, 0.3) is 0 Å². The van der Waals surface area contributed by atoms with E-state index in [1.807, 2.05) is 11.4 Å². The van der Waals surface area contributed by atoms with Crippen LogP contribution in [0, 0.1) is 5.82 Å². The van der Waals surface area contributed by atoms with E-state index in [1.54, 1.807) is 24.3 Å². The second-order valence-corrected chi connectivity index (χ2v) is 10.0. The van der Waals surface area contributed by atoms with Gasteiger partial charge in [0.15, 0.2) is 11.5 Å². The fourth-order valence-corrected chi connectivity index (χ4v) is 5.29. The highest BCUT2D eigenvalue weighted by molar-refractivity contribution is 9.10. The largest absolute Gasteiger partial charge is 0.339 e. The molecular weight excluding hydrogens is 493 g/mol. The predicted octanol–water partition coefficient (Wildman–Crippen LogP) is 4.82. The molecule has 5 aromatic rings. The number of hydrogen-bond donors (Lipinski definition) is 1. The third-order valence-electron chi connectivity index (χ3n) is 4.41. The smallest absolute Gasteiger partial charge is 0.229 e. The van der Waals surface area contributed by atoms with Gasteiger partial charge < -0.3 is 5.32 Å². The Hall–Kier alpha value is -2.89. The number of aromatic nitrogens is 4. The zero-order valence-corrected chi connectivity index (χ0v) is 18.2. The topological polar surface area (TPSA) is 89.2 Å². The molecule has 1 N–H and O–H groups in total. The van der Waals surface area contributed by atoms with Gasteiger partial charge in [-0.3, -0.25) is 0 Å². The van der Waals surface area contributed by atoms with Crippen molar-refractivity contribution in [3.8, 4) is 0 Å². The quantitative estimate of drug-likeness (QED) is 0.378. The first-order chi connectivity index (χ1) is 14.4. The van der Waals surface area contributed by atoms with Crippen LogP contribution in [-0.4, -0.2) is 28.2 Å². The Labute approximate surface area is 182 Å². The van der Waals surface area contributed by atoms with Crippen LogP contribution in [0.3, 0.4) is 0 Å². The number of anilines is 2. The van der Waals surface area contributed by atoms with Gasteiger partial charge >= 0.3 is 0 Å². The molecule has 0 saturated carbocycles. The molecular formula is C19H11BrFN5O2S2. The number of thiophene rings is 1. The summed E-state index contributed by atoms with van der Waals surface area (Å²) in [5.74, 6) is 0.0850. The summed E-state index contributed by atoms with van der Waals surface area (Å²) in [4.78, 5) is 4.61. The van der Waals surface area contributed by atoms with E-state index in [0.717, 1.165) is 9.17 Å². The Morgan fingerprint density at radius 3 is 2.50 bits per heavy atom. The lowest BCUT2D eigenvalue weighted by Gasteiger charge is -2.08. The molecule has 7 nitrogen and oxygen atoms in total.